The fraction of sp³-hybridized carbons (Fsp3) is 0.188. The number of hydrogen-bond acceptors (Lipinski definition) is 2. The van der Waals surface area contributed by atoms with Gasteiger partial charge >= 0.3 is 0 Å². The summed E-state index contributed by atoms with van der Waals surface area (Å²) in [5, 5.41) is 3.97. The van der Waals surface area contributed by atoms with Gasteiger partial charge in [0.2, 0.25) is 0 Å². The van der Waals surface area contributed by atoms with Gasteiger partial charge in [0.25, 0.3) is 5.91 Å². The molecule has 0 aliphatic rings. The third kappa shape index (κ3) is 4.38. The molecule has 0 spiro atoms. The van der Waals surface area contributed by atoms with Gasteiger partial charge in [0, 0.05) is 15.2 Å². The first kappa shape index (κ1) is 17.1. The summed E-state index contributed by atoms with van der Waals surface area (Å²) in [6, 6.07) is 8.80. The molecule has 0 radical (unpaired) electrons. The smallest absolute Gasteiger partial charge is 0.262 e. The zero-order valence-electron chi connectivity index (χ0n) is 12.0. The number of amides is 1. The Balaban J connectivity index is 1.96. The lowest BCUT2D eigenvalue weighted by molar-refractivity contribution is -0.118. The monoisotopic (exact) mass is 401 g/mol. The topological polar surface area (TPSA) is 38.3 Å². The molecule has 2 aromatic rings. The molecule has 2 aromatic carbocycles. The minimum Gasteiger partial charge on any atom is -0.484 e. The maximum Gasteiger partial charge on any atom is 0.262 e. The van der Waals surface area contributed by atoms with Crippen molar-refractivity contribution in [3.8, 4) is 5.75 Å². The second-order valence-electron chi connectivity index (χ2n) is 4.84. The maximum absolute atomic E-state index is 11.9. The summed E-state index contributed by atoms with van der Waals surface area (Å²) >= 11 is 15.4. The minimum absolute atomic E-state index is 0.0891. The SMILES string of the molecule is Cc1cc(OCC(=O)Nc2ccc(Br)c(Cl)c2)cc(C)c1Cl. The molecule has 0 unspecified atom stereocenters. The lowest BCUT2D eigenvalue weighted by Crippen LogP contribution is -2.20. The highest BCUT2D eigenvalue weighted by Gasteiger charge is 2.08. The van der Waals surface area contributed by atoms with Crippen molar-refractivity contribution in [2.45, 2.75) is 13.8 Å². The number of carbonyl (C=O) groups is 1. The van der Waals surface area contributed by atoms with Crippen molar-refractivity contribution in [3.63, 3.8) is 0 Å². The molecule has 0 aliphatic heterocycles. The van der Waals surface area contributed by atoms with E-state index in [0.29, 0.717) is 21.5 Å². The molecule has 2 rings (SSSR count). The van der Waals surface area contributed by atoms with Gasteiger partial charge in [-0.05, 0) is 71.2 Å². The number of hydrogen-bond donors (Lipinski definition) is 1. The van der Waals surface area contributed by atoms with Crippen LogP contribution in [0.1, 0.15) is 11.1 Å². The number of ether oxygens (including phenoxy) is 1. The van der Waals surface area contributed by atoms with Gasteiger partial charge in [-0.3, -0.25) is 4.79 Å². The fourth-order valence-electron chi connectivity index (χ4n) is 1.91. The van der Waals surface area contributed by atoms with Crippen LogP contribution in [0, 0.1) is 13.8 Å². The Labute approximate surface area is 147 Å². The normalized spacial score (nSPS) is 10.4. The van der Waals surface area contributed by atoms with Crippen molar-refractivity contribution < 1.29 is 9.53 Å². The Morgan fingerprint density at radius 2 is 1.82 bits per heavy atom. The van der Waals surface area contributed by atoms with E-state index in [4.69, 9.17) is 27.9 Å². The summed E-state index contributed by atoms with van der Waals surface area (Å²) < 4.78 is 6.27. The molecule has 0 heterocycles. The van der Waals surface area contributed by atoms with E-state index in [2.05, 4.69) is 21.2 Å². The number of rotatable bonds is 4. The molecule has 6 heteroatoms. The van der Waals surface area contributed by atoms with Crippen molar-refractivity contribution >= 4 is 50.7 Å². The predicted molar refractivity (Wildman–Crippen MR) is 94.2 cm³/mol. The lowest BCUT2D eigenvalue weighted by Gasteiger charge is -2.10. The van der Waals surface area contributed by atoms with Gasteiger partial charge in [0.1, 0.15) is 5.75 Å². The van der Waals surface area contributed by atoms with Crippen LogP contribution >= 0.6 is 39.1 Å². The zero-order valence-corrected chi connectivity index (χ0v) is 15.1. The van der Waals surface area contributed by atoms with Crippen molar-refractivity contribution in [1.29, 1.82) is 0 Å². The highest BCUT2D eigenvalue weighted by atomic mass is 79.9. The van der Waals surface area contributed by atoms with Crippen LogP contribution in [0.15, 0.2) is 34.8 Å². The number of aryl methyl sites for hydroxylation is 2. The Morgan fingerprint density at radius 3 is 2.41 bits per heavy atom. The lowest BCUT2D eigenvalue weighted by atomic mass is 10.1. The minimum atomic E-state index is -0.261. The number of benzene rings is 2. The van der Waals surface area contributed by atoms with E-state index in [1.54, 1.807) is 30.3 Å². The molecule has 1 N–H and O–H groups in total. The van der Waals surface area contributed by atoms with Crippen LogP contribution in [0.2, 0.25) is 10.0 Å². The third-order valence-electron chi connectivity index (χ3n) is 2.98. The van der Waals surface area contributed by atoms with Crippen LogP contribution in [0.25, 0.3) is 0 Å². The largest absolute Gasteiger partial charge is 0.484 e. The number of carbonyl (C=O) groups excluding carboxylic acids is 1. The Kier molecular flexibility index (Phi) is 5.73. The summed E-state index contributed by atoms with van der Waals surface area (Å²) in [5.74, 6) is 0.354. The average molecular weight is 403 g/mol. The van der Waals surface area contributed by atoms with E-state index in [9.17, 15) is 4.79 Å². The van der Waals surface area contributed by atoms with E-state index in [1.165, 1.54) is 0 Å². The molecule has 22 heavy (non-hydrogen) atoms. The van der Waals surface area contributed by atoms with E-state index in [0.717, 1.165) is 15.6 Å². The molecule has 3 nitrogen and oxygen atoms in total. The predicted octanol–water partition coefficient (Wildman–Crippen LogP) is 5.39. The highest BCUT2D eigenvalue weighted by Crippen LogP contribution is 2.27. The first-order valence-electron chi connectivity index (χ1n) is 6.51. The zero-order chi connectivity index (χ0) is 16.3. The Bertz CT molecular complexity index is 696. The van der Waals surface area contributed by atoms with Gasteiger partial charge in [-0.2, -0.15) is 0 Å². The van der Waals surface area contributed by atoms with Gasteiger partial charge in [-0.25, -0.2) is 0 Å². The third-order valence-corrected chi connectivity index (χ3v) is 4.81. The molecular formula is C16H14BrCl2NO2. The number of anilines is 1. The average Bonchev–Trinajstić information content (AvgIpc) is 2.46. The number of halogens is 3. The second-order valence-corrected chi connectivity index (χ2v) is 6.48. The molecular weight excluding hydrogens is 389 g/mol. The summed E-state index contributed by atoms with van der Waals surface area (Å²) in [6.45, 7) is 3.70. The molecule has 0 saturated carbocycles. The summed E-state index contributed by atoms with van der Waals surface area (Å²) in [5.41, 5.74) is 2.44. The maximum atomic E-state index is 11.9. The molecule has 0 bridgehead atoms. The Hall–Kier alpha value is -1.23. The van der Waals surface area contributed by atoms with Crippen molar-refractivity contribution in [2.75, 3.05) is 11.9 Å². The summed E-state index contributed by atoms with van der Waals surface area (Å²) in [6.07, 6.45) is 0. The second kappa shape index (κ2) is 7.36. The molecule has 0 aromatic heterocycles. The summed E-state index contributed by atoms with van der Waals surface area (Å²) in [7, 11) is 0. The van der Waals surface area contributed by atoms with Crippen molar-refractivity contribution in [2.24, 2.45) is 0 Å². The quantitative estimate of drug-likeness (QED) is 0.744. The van der Waals surface area contributed by atoms with Gasteiger partial charge in [-0.15, -0.1) is 0 Å². The first-order valence-corrected chi connectivity index (χ1v) is 8.06. The first-order chi connectivity index (χ1) is 10.4. The van der Waals surface area contributed by atoms with Crippen LogP contribution in [0.4, 0.5) is 5.69 Å². The molecule has 0 atom stereocenters. The molecule has 1 amide bonds. The van der Waals surface area contributed by atoms with E-state index in [1.807, 2.05) is 13.8 Å². The van der Waals surface area contributed by atoms with Crippen molar-refractivity contribution in [1.82, 2.24) is 0 Å². The van der Waals surface area contributed by atoms with Gasteiger partial charge in [0.05, 0.1) is 5.02 Å². The molecule has 116 valence electrons. The Morgan fingerprint density at radius 1 is 1.18 bits per heavy atom. The van der Waals surface area contributed by atoms with Gasteiger partial charge < -0.3 is 10.1 Å². The van der Waals surface area contributed by atoms with Crippen molar-refractivity contribution in [3.05, 3.63) is 56.0 Å². The van der Waals surface area contributed by atoms with Crippen LogP contribution in [-0.4, -0.2) is 12.5 Å². The molecule has 0 fully saturated rings. The van der Waals surface area contributed by atoms with Gasteiger partial charge in [0.15, 0.2) is 6.61 Å². The molecule has 0 aliphatic carbocycles. The highest BCUT2D eigenvalue weighted by molar-refractivity contribution is 9.10. The van der Waals surface area contributed by atoms with Crippen LogP contribution in [0.3, 0.4) is 0 Å². The van der Waals surface area contributed by atoms with Crippen LogP contribution in [0.5, 0.6) is 5.75 Å². The van der Waals surface area contributed by atoms with E-state index >= 15 is 0 Å². The number of nitrogens with one attached hydrogen (secondary N) is 1. The van der Waals surface area contributed by atoms with Crippen LogP contribution in [-0.2, 0) is 4.79 Å². The van der Waals surface area contributed by atoms with E-state index < -0.39 is 0 Å². The van der Waals surface area contributed by atoms with E-state index in [-0.39, 0.29) is 12.5 Å². The molecule has 0 saturated heterocycles. The van der Waals surface area contributed by atoms with Crippen LogP contribution < -0.4 is 10.1 Å². The summed E-state index contributed by atoms with van der Waals surface area (Å²) in [4.78, 5) is 11.9. The van der Waals surface area contributed by atoms with Gasteiger partial charge in [-0.1, -0.05) is 23.2 Å². The standard InChI is InChI=1S/C16H14BrCl2NO2/c1-9-5-12(6-10(2)16(9)19)22-8-15(21)20-11-3-4-13(17)14(18)7-11/h3-7H,8H2,1-2H3,(H,20,21). The fourth-order valence-corrected chi connectivity index (χ4v) is 2.45.